The number of hydrogen-bond donors (Lipinski definition) is 2. The fourth-order valence-corrected chi connectivity index (χ4v) is 4.64. The summed E-state index contributed by atoms with van der Waals surface area (Å²) in [5.74, 6) is -2.01. The molecule has 0 spiro atoms. The third-order valence-corrected chi connectivity index (χ3v) is 6.59. The number of hydrogen-bond acceptors (Lipinski definition) is 6. The molecule has 1 amide bonds. The number of aryl methyl sites for hydroxylation is 3. The summed E-state index contributed by atoms with van der Waals surface area (Å²) in [5.41, 5.74) is 4.47. The monoisotopic (exact) mass is 471 g/mol. The van der Waals surface area contributed by atoms with Crippen molar-refractivity contribution < 1.29 is 23.5 Å². The molecule has 8 nitrogen and oxygen atoms in total. The molecule has 35 heavy (non-hydrogen) atoms. The zero-order chi connectivity index (χ0) is 24.9. The number of rotatable bonds is 6. The van der Waals surface area contributed by atoms with E-state index < -0.39 is 23.5 Å². The molecule has 0 unspecified atom stereocenters. The number of furan rings is 1. The van der Waals surface area contributed by atoms with Gasteiger partial charge in [0, 0.05) is 39.9 Å². The predicted octanol–water partition coefficient (Wildman–Crippen LogP) is 2.97. The van der Waals surface area contributed by atoms with Crippen LogP contribution >= 0.6 is 0 Å². The fraction of sp³-hybridized carbons (Fsp3) is 0.222. The molecule has 0 aliphatic rings. The zero-order valence-corrected chi connectivity index (χ0v) is 19.5. The van der Waals surface area contributed by atoms with E-state index >= 15 is 0 Å². The lowest BCUT2D eigenvalue weighted by molar-refractivity contribution is -0.308. The summed E-state index contributed by atoms with van der Waals surface area (Å²) in [4.78, 5) is 40.5. The number of aliphatic carboxylic acids is 1. The minimum absolute atomic E-state index is 0.0420. The molecule has 178 valence electrons. The maximum absolute atomic E-state index is 12.8. The SMILES string of the molecule is Cc1coc2c(C)c3oc(=O)c(CC(=O)N[C@@H](Cc4c[nH]c5ccccc45)C(=O)[O-])c(C)c3cc12. The zero-order valence-electron chi connectivity index (χ0n) is 19.5. The summed E-state index contributed by atoms with van der Waals surface area (Å²) in [6, 6.07) is 8.11. The van der Waals surface area contributed by atoms with E-state index in [-0.39, 0.29) is 18.4 Å². The molecule has 5 rings (SSSR count). The van der Waals surface area contributed by atoms with Crippen molar-refractivity contribution in [2.45, 2.75) is 39.7 Å². The summed E-state index contributed by atoms with van der Waals surface area (Å²) in [7, 11) is 0. The fourth-order valence-electron chi connectivity index (χ4n) is 4.64. The molecule has 0 aliphatic heterocycles. The highest BCUT2D eigenvalue weighted by Gasteiger charge is 2.21. The van der Waals surface area contributed by atoms with Gasteiger partial charge in [-0.2, -0.15) is 0 Å². The number of carboxylic acid groups (broad SMARTS) is 1. The molecule has 1 atom stereocenters. The molecular weight excluding hydrogens is 448 g/mol. The van der Waals surface area contributed by atoms with Gasteiger partial charge in [-0.1, -0.05) is 18.2 Å². The number of nitrogens with one attached hydrogen (secondary N) is 2. The summed E-state index contributed by atoms with van der Waals surface area (Å²) in [5, 5.41) is 16.8. The molecular formula is C27H23N2O6-. The average molecular weight is 471 g/mol. The minimum Gasteiger partial charge on any atom is -0.548 e. The number of para-hydroxylation sites is 1. The predicted molar refractivity (Wildman–Crippen MR) is 129 cm³/mol. The van der Waals surface area contributed by atoms with Crippen LogP contribution in [0.1, 0.15) is 27.8 Å². The lowest BCUT2D eigenvalue weighted by atomic mass is 9.98. The lowest BCUT2D eigenvalue weighted by Crippen LogP contribution is -2.49. The molecule has 0 radical (unpaired) electrons. The van der Waals surface area contributed by atoms with Crippen molar-refractivity contribution in [2.24, 2.45) is 0 Å². The molecule has 2 N–H and O–H groups in total. The van der Waals surface area contributed by atoms with Gasteiger partial charge in [-0.05, 0) is 49.6 Å². The van der Waals surface area contributed by atoms with Crippen LogP contribution in [0.5, 0.6) is 0 Å². The summed E-state index contributed by atoms with van der Waals surface area (Å²) < 4.78 is 11.2. The van der Waals surface area contributed by atoms with E-state index in [9.17, 15) is 19.5 Å². The van der Waals surface area contributed by atoms with E-state index in [1.807, 2.05) is 44.2 Å². The van der Waals surface area contributed by atoms with Crippen LogP contribution in [0.25, 0.3) is 32.8 Å². The van der Waals surface area contributed by atoms with Crippen molar-refractivity contribution in [3.05, 3.63) is 81.0 Å². The number of aromatic nitrogens is 1. The Hall–Kier alpha value is -4.33. The van der Waals surface area contributed by atoms with Crippen LogP contribution in [-0.2, 0) is 22.4 Å². The summed E-state index contributed by atoms with van der Waals surface area (Å²) in [6.45, 7) is 5.50. The highest BCUT2D eigenvalue weighted by Crippen LogP contribution is 2.32. The van der Waals surface area contributed by atoms with Crippen LogP contribution in [-0.4, -0.2) is 22.9 Å². The maximum Gasteiger partial charge on any atom is 0.340 e. The van der Waals surface area contributed by atoms with Crippen molar-refractivity contribution in [1.82, 2.24) is 10.3 Å². The van der Waals surface area contributed by atoms with Crippen molar-refractivity contribution in [1.29, 1.82) is 0 Å². The molecule has 5 aromatic rings. The van der Waals surface area contributed by atoms with Gasteiger partial charge < -0.3 is 29.0 Å². The van der Waals surface area contributed by atoms with E-state index in [0.717, 1.165) is 27.4 Å². The van der Waals surface area contributed by atoms with Crippen LogP contribution < -0.4 is 16.0 Å². The first kappa shape index (κ1) is 22.5. The van der Waals surface area contributed by atoms with E-state index in [2.05, 4.69) is 10.3 Å². The maximum atomic E-state index is 12.8. The first-order valence-electron chi connectivity index (χ1n) is 11.2. The van der Waals surface area contributed by atoms with Crippen LogP contribution in [0.3, 0.4) is 0 Å². The van der Waals surface area contributed by atoms with Crippen molar-refractivity contribution in [3.63, 3.8) is 0 Å². The number of H-pyrrole nitrogens is 1. The molecule has 3 aromatic heterocycles. The second kappa shape index (κ2) is 8.47. The first-order chi connectivity index (χ1) is 16.7. The Balaban J connectivity index is 1.44. The standard InChI is InChI=1S/C27H24N2O6/c1-13-12-34-24-15(3)25-19(9-18(13)24)14(2)20(27(33)35-25)10-23(30)29-22(26(31)32)8-16-11-28-21-7-5-4-6-17(16)21/h4-7,9,11-12,22,28H,8,10H2,1-3H3,(H,29,30)(H,31,32)/p-1/t22-/m0/s1. The van der Waals surface area contributed by atoms with E-state index in [0.29, 0.717) is 27.7 Å². The third kappa shape index (κ3) is 3.86. The average Bonchev–Trinajstić information content (AvgIpc) is 3.41. The third-order valence-electron chi connectivity index (χ3n) is 6.59. The van der Waals surface area contributed by atoms with Gasteiger partial charge in [-0.25, -0.2) is 4.79 Å². The smallest absolute Gasteiger partial charge is 0.340 e. The summed E-state index contributed by atoms with van der Waals surface area (Å²) >= 11 is 0. The van der Waals surface area contributed by atoms with E-state index in [1.165, 1.54) is 0 Å². The largest absolute Gasteiger partial charge is 0.548 e. The number of carbonyl (C=O) groups excluding carboxylic acids is 2. The van der Waals surface area contributed by atoms with Gasteiger partial charge in [0.05, 0.1) is 30.3 Å². The number of carbonyl (C=O) groups is 2. The Kier molecular flexibility index (Phi) is 5.43. The van der Waals surface area contributed by atoms with Crippen molar-refractivity contribution in [2.75, 3.05) is 0 Å². The molecule has 0 aliphatic carbocycles. The van der Waals surface area contributed by atoms with Gasteiger partial charge in [0.2, 0.25) is 5.91 Å². The minimum atomic E-state index is -1.40. The second-order valence-electron chi connectivity index (χ2n) is 8.85. The van der Waals surface area contributed by atoms with E-state index in [4.69, 9.17) is 8.83 Å². The Morgan fingerprint density at radius 3 is 2.60 bits per heavy atom. The number of aromatic amines is 1. The van der Waals surface area contributed by atoms with Gasteiger partial charge >= 0.3 is 5.63 Å². The Morgan fingerprint density at radius 1 is 1.06 bits per heavy atom. The highest BCUT2D eigenvalue weighted by atomic mass is 16.4. The van der Waals surface area contributed by atoms with E-state index in [1.54, 1.807) is 19.4 Å². The van der Waals surface area contributed by atoms with Gasteiger partial charge in [-0.15, -0.1) is 0 Å². The highest BCUT2D eigenvalue weighted by molar-refractivity contribution is 6.00. The van der Waals surface area contributed by atoms with Crippen molar-refractivity contribution >= 4 is 44.7 Å². The normalized spacial score (nSPS) is 12.4. The van der Waals surface area contributed by atoms with Crippen LogP contribution in [0.15, 0.2) is 56.4 Å². The molecule has 2 aromatic carbocycles. The Labute approximate surface area is 199 Å². The number of fused-ring (bicyclic) bond motifs is 3. The van der Waals surface area contributed by atoms with Crippen LogP contribution in [0.2, 0.25) is 0 Å². The van der Waals surface area contributed by atoms with Crippen molar-refractivity contribution in [3.8, 4) is 0 Å². The lowest BCUT2D eigenvalue weighted by Gasteiger charge is -2.20. The molecule has 0 bridgehead atoms. The number of benzene rings is 2. The molecule has 0 saturated carbocycles. The number of amides is 1. The van der Waals surface area contributed by atoms with Gasteiger partial charge in [0.1, 0.15) is 11.2 Å². The van der Waals surface area contributed by atoms with Gasteiger partial charge in [0.15, 0.2) is 0 Å². The Morgan fingerprint density at radius 2 is 1.83 bits per heavy atom. The molecule has 0 fully saturated rings. The molecule has 0 saturated heterocycles. The van der Waals surface area contributed by atoms with Crippen LogP contribution in [0.4, 0.5) is 0 Å². The quantitative estimate of drug-likeness (QED) is 0.367. The van der Waals surface area contributed by atoms with Gasteiger partial charge in [-0.3, -0.25) is 4.79 Å². The van der Waals surface area contributed by atoms with Crippen LogP contribution in [0, 0.1) is 20.8 Å². The molecule has 8 heteroatoms. The molecule has 3 heterocycles. The summed E-state index contributed by atoms with van der Waals surface area (Å²) in [6.07, 6.45) is 3.09. The first-order valence-corrected chi connectivity index (χ1v) is 11.2. The van der Waals surface area contributed by atoms with Gasteiger partial charge in [0.25, 0.3) is 0 Å². The number of carboxylic acids is 1. The second-order valence-corrected chi connectivity index (χ2v) is 8.85. The topological polar surface area (TPSA) is 128 Å². The Bertz CT molecular complexity index is 1690.